The molecule has 2 fully saturated rings. The highest BCUT2D eigenvalue weighted by molar-refractivity contribution is 7.87. The lowest BCUT2D eigenvalue weighted by Gasteiger charge is -2.48. The van der Waals surface area contributed by atoms with Crippen molar-refractivity contribution in [2.75, 3.05) is 63.6 Å². The Morgan fingerprint density at radius 3 is 2.39 bits per heavy atom. The van der Waals surface area contributed by atoms with Gasteiger partial charge < -0.3 is 20.7 Å². The van der Waals surface area contributed by atoms with Crippen molar-refractivity contribution in [2.45, 2.75) is 44.3 Å². The Morgan fingerprint density at radius 2 is 1.77 bits per heavy atom. The minimum absolute atomic E-state index is 0.0285. The normalized spacial score (nSPS) is 19.5. The molecule has 2 saturated heterocycles. The number of benzene rings is 1. The van der Waals surface area contributed by atoms with Crippen LogP contribution in [0.2, 0.25) is 10.2 Å². The van der Waals surface area contributed by atoms with E-state index in [0.717, 1.165) is 44.5 Å². The number of anilines is 2. The first-order valence-corrected chi connectivity index (χ1v) is 16.7. The molecule has 6 N–H and O–H groups in total. The van der Waals surface area contributed by atoms with E-state index in [2.05, 4.69) is 36.7 Å². The summed E-state index contributed by atoms with van der Waals surface area (Å²) < 4.78 is 29.2. The maximum atomic E-state index is 12.8. The second-order valence-electron chi connectivity index (χ2n) is 10.8. The van der Waals surface area contributed by atoms with E-state index in [1.165, 1.54) is 7.11 Å². The maximum Gasteiger partial charge on any atom is 0.327 e. The first-order valence-electron chi connectivity index (χ1n) is 14.4. The van der Waals surface area contributed by atoms with Gasteiger partial charge in [0.15, 0.2) is 22.5 Å². The number of halogens is 2. The number of ether oxygens (including phenoxy) is 1. The first kappa shape index (κ1) is 34.1. The number of piperidine rings is 1. The van der Waals surface area contributed by atoms with Crippen LogP contribution in [0.1, 0.15) is 48.3 Å². The predicted molar refractivity (Wildman–Crippen MR) is 169 cm³/mol. The number of nitrogens with one attached hydrogen (secondary N) is 2. The van der Waals surface area contributed by atoms with E-state index in [0.29, 0.717) is 30.0 Å². The molecule has 1 aromatic heterocycles. The van der Waals surface area contributed by atoms with Crippen LogP contribution in [0.15, 0.2) is 24.3 Å². The summed E-state index contributed by atoms with van der Waals surface area (Å²) in [7, 11) is -2.46. The molecular weight excluding hydrogens is 633 g/mol. The SMILES string of the molecule is CC[C@H]1CN(c2nc(N)c(C(=O)NCCNS(N)(=O)=O)nc2Cl)CCN1C1CCN(C(C(=O)OC)c2ccc(Cl)cc2)CC1. The Morgan fingerprint density at radius 1 is 1.09 bits per heavy atom. The summed E-state index contributed by atoms with van der Waals surface area (Å²) in [5.74, 6) is -0.586. The van der Waals surface area contributed by atoms with Crippen LogP contribution in [0.25, 0.3) is 0 Å². The van der Waals surface area contributed by atoms with Gasteiger partial charge in [-0.2, -0.15) is 8.42 Å². The standard InChI is InChI=1S/C27H39Cl2N9O5S/c1-3-19-16-37(25-23(29)34-21(24(30)35-25)26(39)32-10-11-33-44(31,41)42)14-15-38(19)20-8-12-36(13-9-20)22(27(40)43-2)17-4-6-18(28)7-5-17/h4-7,19-20,22,33H,3,8-16H2,1-2H3,(H2,30,35)(H,32,39)(H2,31,41,42)/t19-,22?/m0/s1. The predicted octanol–water partition coefficient (Wildman–Crippen LogP) is 1.17. The number of nitrogen functional groups attached to an aromatic ring is 1. The number of piperazine rings is 1. The number of rotatable bonds is 11. The number of carbonyl (C=O) groups is 2. The van der Waals surface area contributed by atoms with Crippen molar-refractivity contribution >= 4 is 56.9 Å². The van der Waals surface area contributed by atoms with Gasteiger partial charge in [0.25, 0.3) is 16.1 Å². The van der Waals surface area contributed by atoms with E-state index in [-0.39, 0.29) is 41.8 Å². The zero-order chi connectivity index (χ0) is 32.0. The summed E-state index contributed by atoms with van der Waals surface area (Å²) in [4.78, 5) is 40.7. The van der Waals surface area contributed by atoms with Crippen molar-refractivity contribution in [2.24, 2.45) is 5.14 Å². The van der Waals surface area contributed by atoms with Gasteiger partial charge in [-0.25, -0.2) is 24.6 Å². The third-order valence-corrected chi connectivity index (χ3v) is 9.15. The number of methoxy groups -OCH3 is 1. The maximum absolute atomic E-state index is 12.8. The van der Waals surface area contributed by atoms with E-state index in [9.17, 15) is 18.0 Å². The highest BCUT2D eigenvalue weighted by Gasteiger charge is 2.37. The van der Waals surface area contributed by atoms with Crippen LogP contribution in [0, 0.1) is 0 Å². The van der Waals surface area contributed by atoms with E-state index in [4.69, 9.17) is 38.8 Å². The first-order chi connectivity index (χ1) is 20.9. The van der Waals surface area contributed by atoms with Gasteiger partial charge in [0.1, 0.15) is 6.04 Å². The molecule has 0 aliphatic carbocycles. The molecule has 44 heavy (non-hydrogen) atoms. The Bertz CT molecular complexity index is 1430. The Kier molecular flexibility index (Phi) is 11.6. The molecule has 0 radical (unpaired) electrons. The quantitative estimate of drug-likeness (QED) is 0.198. The number of hydrogen-bond acceptors (Lipinski definition) is 11. The number of likely N-dealkylation sites (tertiary alicyclic amines) is 1. The van der Waals surface area contributed by atoms with Crippen molar-refractivity contribution in [3.8, 4) is 0 Å². The van der Waals surface area contributed by atoms with Gasteiger partial charge in [-0.15, -0.1) is 0 Å². The van der Waals surface area contributed by atoms with Crippen molar-refractivity contribution in [3.05, 3.63) is 45.7 Å². The van der Waals surface area contributed by atoms with Gasteiger partial charge in [0.05, 0.1) is 7.11 Å². The minimum Gasteiger partial charge on any atom is -0.468 e. The number of nitrogens with zero attached hydrogens (tertiary/aromatic N) is 5. The zero-order valence-corrected chi connectivity index (χ0v) is 27.0. The zero-order valence-electron chi connectivity index (χ0n) is 24.7. The molecule has 2 aliphatic heterocycles. The topological polar surface area (TPSA) is 189 Å². The van der Waals surface area contributed by atoms with Crippen molar-refractivity contribution in [3.63, 3.8) is 0 Å². The molecule has 0 saturated carbocycles. The summed E-state index contributed by atoms with van der Waals surface area (Å²) in [5, 5.41) is 8.06. The number of hydrogen-bond donors (Lipinski definition) is 4. The van der Waals surface area contributed by atoms with Crippen LogP contribution in [-0.4, -0.2) is 105 Å². The lowest BCUT2D eigenvalue weighted by Crippen LogP contribution is -2.59. The molecule has 2 aromatic rings. The second kappa shape index (κ2) is 15.0. The molecule has 17 heteroatoms. The molecule has 3 heterocycles. The lowest BCUT2D eigenvalue weighted by molar-refractivity contribution is -0.148. The fourth-order valence-corrected chi connectivity index (χ4v) is 6.63. The van der Waals surface area contributed by atoms with Crippen LogP contribution in [0.5, 0.6) is 0 Å². The van der Waals surface area contributed by atoms with Gasteiger partial charge >= 0.3 is 5.97 Å². The summed E-state index contributed by atoms with van der Waals surface area (Å²) in [5.41, 5.74) is 6.81. The lowest BCUT2D eigenvalue weighted by atomic mass is 9.95. The molecule has 0 bridgehead atoms. The average Bonchev–Trinajstić information content (AvgIpc) is 3.00. The molecular formula is C27H39Cl2N9O5S. The Labute approximate surface area is 267 Å². The van der Waals surface area contributed by atoms with Crippen LogP contribution >= 0.6 is 23.2 Å². The van der Waals surface area contributed by atoms with E-state index in [1.807, 2.05) is 17.0 Å². The third-order valence-electron chi connectivity index (χ3n) is 8.03. The summed E-state index contributed by atoms with van der Waals surface area (Å²) >= 11 is 12.6. The number of aromatic nitrogens is 2. The largest absolute Gasteiger partial charge is 0.468 e. The Balaban J connectivity index is 1.37. The highest BCUT2D eigenvalue weighted by Crippen LogP contribution is 2.32. The van der Waals surface area contributed by atoms with Gasteiger partial charge in [-0.05, 0) is 37.0 Å². The van der Waals surface area contributed by atoms with Crippen LogP contribution in [0.3, 0.4) is 0 Å². The monoisotopic (exact) mass is 671 g/mol. The molecule has 2 atom stereocenters. The highest BCUT2D eigenvalue weighted by atomic mass is 35.5. The number of esters is 1. The second-order valence-corrected chi connectivity index (χ2v) is 12.9. The number of amides is 1. The molecule has 4 rings (SSSR count). The van der Waals surface area contributed by atoms with Gasteiger partial charge in [0, 0.05) is 62.9 Å². The van der Waals surface area contributed by atoms with Crippen LogP contribution in [-0.2, 0) is 19.7 Å². The smallest absolute Gasteiger partial charge is 0.327 e. The van der Waals surface area contributed by atoms with Gasteiger partial charge in [-0.1, -0.05) is 42.3 Å². The Hall–Kier alpha value is -2.79. The fourth-order valence-electron chi connectivity index (χ4n) is 5.87. The molecule has 1 unspecified atom stereocenters. The molecule has 1 aromatic carbocycles. The van der Waals surface area contributed by atoms with E-state index >= 15 is 0 Å². The van der Waals surface area contributed by atoms with E-state index < -0.39 is 22.2 Å². The van der Waals surface area contributed by atoms with E-state index in [1.54, 1.807) is 12.1 Å². The molecule has 2 aliphatic rings. The minimum atomic E-state index is -3.87. The third kappa shape index (κ3) is 8.47. The van der Waals surface area contributed by atoms with Crippen molar-refractivity contribution < 1.29 is 22.7 Å². The number of carbonyl (C=O) groups excluding carboxylic acids is 2. The summed E-state index contributed by atoms with van der Waals surface area (Å²) in [6.07, 6.45) is 2.71. The summed E-state index contributed by atoms with van der Waals surface area (Å²) in [6.45, 7) is 5.59. The van der Waals surface area contributed by atoms with Crippen molar-refractivity contribution in [1.29, 1.82) is 0 Å². The molecule has 14 nitrogen and oxygen atoms in total. The molecule has 1 amide bonds. The summed E-state index contributed by atoms with van der Waals surface area (Å²) in [6, 6.07) is 7.41. The van der Waals surface area contributed by atoms with Gasteiger partial charge in [0.2, 0.25) is 0 Å². The molecule has 0 spiro atoms. The number of nitrogens with two attached hydrogens (primary N) is 2. The average molecular weight is 673 g/mol. The van der Waals surface area contributed by atoms with Crippen LogP contribution < -0.4 is 25.8 Å². The van der Waals surface area contributed by atoms with Crippen molar-refractivity contribution in [1.82, 2.24) is 29.8 Å². The fraction of sp³-hybridized carbons (Fsp3) is 0.556. The van der Waals surface area contributed by atoms with Crippen LogP contribution in [0.4, 0.5) is 11.6 Å². The van der Waals surface area contributed by atoms with Gasteiger partial charge in [-0.3, -0.25) is 14.6 Å². The molecule has 242 valence electrons.